The van der Waals surface area contributed by atoms with Gasteiger partial charge in [-0.2, -0.15) is 0 Å². The van der Waals surface area contributed by atoms with Crippen LogP contribution >= 0.6 is 0 Å². The van der Waals surface area contributed by atoms with Crippen molar-refractivity contribution in [2.75, 3.05) is 14.2 Å². The Balaban J connectivity index is 1.55. The predicted octanol–water partition coefficient (Wildman–Crippen LogP) is 8.62. The summed E-state index contributed by atoms with van der Waals surface area (Å²) in [4.78, 5) is 8.05. The summed E-state index contributed by atoms with van der Waals surface area (Å²) in [5.74, 6) is 3.44. The van der Waals surface area contributed by atoms with Gasteiger partial charge in [-0.3, -0.25) is 4.90 Å². The molecule has 0 amide bonds. The molecule has 0 unspecified atom stereocenters. The Morgan fingerprint density at radius 1 is 0.756 bits per heavy atom. The highest BCUT2D eigenvalue weighted by Crippen LogP contribution is 2.37. The lowest BCUT2D eigenvalue weighted by Crippen LogP contribution is -2.25. The lowest BCUT2D eigenvalue weighted by molar-refractivity contribution is 0.238. The third-order valence-corrected chi connectivity index (χ3v) is 8.37. The van der Waals surface area contributed by atoms with Crippen molar-refractivity contribution in [3.63, 3.8) is 0 Å². The van der Waals surface area contributed by atoms with E-state index in [9.17, 15) is 0 Å². The molecule has 0 spiro atoms. The van der Waals surface area contributed by atoms with Gasteiger partial charge in [0.25, 0.3) is 0 Å². The first-order valence-electron chi connectivity index (χ1n) is 15.3. The monoisotopic (exact) mass is 551 g/mol. The van der Waals surface area contributed by atoms with Gasteiger partial charge in [0, 0.05) is 37.7 Å². The van der Waals surface area contributed by atoms with Crippen LogP contribution in [0.25, 0.3) is 11.4 Å². The zero-order valence-electron chi connectivity index (χ0n) is 25.0. The minimum Gasteiger partial charge on any atom is -0.497 e. The van der Waals surface area contributed by atoms with Crippen molar-refractivity contribution in [1.82, 2.24) is 14.5 Å². The van der Waals surface area contributed by atoms with Crippen LogP contribution < -0.4 is 9.47 Å². The summed E-state index contributed by atoms with van der Waals surface area (Å²) >= 11 is 0. The molecule has 0 atom stereocenters. The van der Waals surface area contributed by atoms with E-state index in [1.165, 1.54) is 60.2 Å². The molecule has 4 aromatic rings. The van der Waals surface area contributed by atoms with Gasteiger partial charge in [0.15, 0.2) is 0 Å². The summed E-state index contributed by atoms with van der Waals surface area (Å²) in [6, 6.07) is 27.8. The number of imidazole rings is 1. The Labute approximate surface area is 246 Å². The summed E-state index contributed by atoms with van der Waals surface area (Å²) in [5, 5.41) is 0. The van der Waals surface area contributed by atoms with Crippen LogP contribution in [0, 0.1) is 0 Å². The van der Waals surface area contributed by atoms with Crippen molar-refractivity contribution >= 4 is 0 Å². The topological polar surface area (TPSA) is 39.5 Å². The lowest BCUT2D eigenvalue weighted by Gasteiger charge is -2.27. The molecular weight excluding hydrogens is 506 g/mol. The van der Waals surface area contributed by atoms with Crippen LogP contribution in [0.15, 0.2) is 78.9 Å². The number of benzene rings is 3. The van der Waals surface area contributed by atoms with Crippen molar-refractivity contribution in [3.8, 4) is 22.9 Å². The van der Waals surface area contributed by atoms with E-state index in [1.54, 1.807) is 14.2 Å². The van der Waals surface area contributed by atoms with Crippen LogP contribution in [-0.2, 0) is 26.2 Å². The SMILES string of the molecule is CCCCn1c(-c2ccccc2)nc(C2CCCCC2)c1CN(Cc1ccc(OC)cc1)Cc1ccc(OC)cc1. The first-order valence-corrected chi connectivity index (χ1v) is 15.3. The Hall–Kier alpha value is -3.57. The van der Waals surface area contributed by atoms with Crippen LogP contribution in [-0.4, -0.2) is 28.7 Å². The largest absolute Gasteiger partial charge is 0.497 e. The predicted molar refractivity (Wildman–Crippen MR) is 167 cm³/mol. The van der Waals surface area contributed by atoms with E-state index in [4.69, 9.17) is 14.5 Å². The van der Waals surface area contributed by atoms with Gasteiger partial charge in [0.1, 0.15) is 17.3 Å². The van der Waals surface area contributed by atoms with Gasteiger partial charge in [-0.1, -0.05) is 87.2 Å². The fourth-order valence-electron chi connectivity index (χ4n) is 6.10. The highest BCUT2D eigenvalue weighted by molar-refractivity contribution is 5.57. The molecule has 1 aromatic heterocycles. The van der Waals surface area contributed by atoms with E-state index in [1.807, 2.05) is 0 Å². The summed E-state index contributed by atoms with van der Waals surface area (Å²) in [6.45, 7) is 5.82. The standard InChI is InChI=1S/C36H45N3O2/c1-4-5-24-39-34(35(30-12-8-6-9-13-30)37-36(39)31-14-10-7-11-15-31)27-38(25-28-16-20-32(40-2)21-17-28)26-29-18-22-33(41-3)23-19-29/h7,10-11,14-23,30H,4-6,8-9,12-13,24-27H2,1-3H3. The molecule has 5 nitrogen and oxygen atoms in total. The molecule has 1 aliphatic carbocycles. The fraction of sp³-hybridized carbons (Fsp3) is 0.417. The molecular formula is C36H45N3O2. The Bertz CT molecular complexity index is 1290. The molecule has 216 valence electrons. The first-order chi connectivity index (χ1) is 20.2. The second kappa shape index (κ2) is 14.4. The van der Waals surface area contributed by atoms with Crippen molar-refractivity contribution < 1.29 is 9.47 Å². The number of aromatic nitrogens is 2. The maximum Gasteiger partial charge on any atom is 0.140 e. The van der Waals surface area contributed by atoms with E-state index in [-0.39, 0.29) is 0 Å². The quantitative estimate of drug-likeness (QED) is 0.167. The third kappa shape index (κ3) is 7.39. The molecule has 0 saturated heterocycles. The fourth-order valence-corrected chi connectivity index (χ4v) is 6.10. The molecule has 1 heterocycles. The zero-order valence-corrected chi connectivity index (χ0v) is 25.0. The smallest absolute Gasteiger partial charge is 0.140 e. The first kappa shape index (κ1) is 28.9. The number of ether oxygens (including phenoxy) is 2. The second-order valence-electron chi connectivity index (χ2n) is 11.3. The van der Waals surface area contributed by atoms with Gasteiger partial charge in [-0.25, -0.2) is 4.98 Å². The molecule has 41 heavy (non-hydrogen) atoms. The molecule has 3 aromatic carbocycles. The highest BCUT2D eigenvalue weighted by Gasteiger charge is 2.27. The molecule has 1 saturated carbocycles. The van der Waals surface area contributed by atoms with Gasteiger partial charge >= 0.3 is 0 Å². The molecule has 1 fully saturated rings. The minimum absolute atomic E-state index is 0.535. The highest BCUT2D eigenvalue weighted by atomic mass is 16.5. The summed E-state index contributed by atoms with van der Waals surface area (Å²) in [6.07, 6.45) is 8.72. The number of hydrogen-bond acceptors (Lipinski definition) is 4. The summed E-state index contributed by atoms with van der Waals surface area (Å²) in [7, 11) is 3.44. The number of hydrogen-bond donors (Lipinski definition) is 0. The van der Waals surface area contributed by atoms with Gasteiger partial charge < -0.3 is 14.0 Å². The molecule has 1 aliphatic rings. The number of unbranched alkanes of at least 4 members (excludes halogenated alkanes) is 1. The number of nitrogens with zero attached hydrogens (tertiary/aromatic N) is 3. The maximum absolute atomic E-state index is 5.47. The van der Waals surface area contributed by atoms with E-state index >= 15 is 0 Å². The van der Waals surface area contributed by atoms with Crippen LogP contribution in [0.1, 0.15) is 80.3 Å². The minimum atomic E-state index is 0.535. The van der Waals surface area contributed by atoms with E-state index in [0.29, 0.717) is 5.92 Å². The number of methoxy groups -OCH3 is 2. The van der Waals surface area contributed by atoms with Crippen LogP contribution in [0.4, 0.5) is 0 Å². The van der Waals surface area contributed by atoms with E-state index < -0.39 is 0 Å². The normalized spacial score (nSPS) is 14.0. The van der Waals surface area contributed by atoms with Gasteiger partial charge in [0.05, 0.1) is 25.6 Å². The molecule has 5 rings (SSSR count). The average molecular weight is 552 g/mol. The Morgan fingerprint density at radius 3 is 1.88 bits per heavy atom. The maximum atomic E-state index is 5.47. The Morgan fingerprint density at radius 2 is 1.34 bits per heavy atom. The van der Waals surface area contributed by atoms with Crippen LogP contribution in [0.3, 0.4) is 0 Å². The average Bonchev–Trinajstić information content (AvgIpc) is 3.39. The Kier molecular flexibility index (Phi) is 10.1. The third-order valence-electron chi connectivity index (χ3n) is 8.37. The lowest BCUT2D eigenvalue weighted by atomic mass is 9.86. The van der Waals surface area contributed by atoms with Crippen molar-refractivity contribution in [2.24, 2.45) is 0 Å². The van der Waals surface area contributed by atoms with E-state index in [2.05, 4.69) is 95.3 Å². The van der Waals surface area contributed by atoms with Crippen molar-refractivity contribution in [2.45, 2.75) is 84.0 Å². The van der Waals surface area contributed by atoms with Gasteiger partial charge in [-0.15, -0.1) is 0 Å². The summed E-state index contributed by atoms with van der Waals surface area (Å²) < 4.78 is 13.4. The molecule has 5 heteroatoms. The van der Waals surface area contributed by atoms with Gasteiger partial charge in [0.2, 0.25) is 0 Å². The molecule has 0 aliphatic heterocycles. The van der Waals surface area contributed by atoms with Crippen LogP contribution in [0.5, 0.6) is 11.5 Å². The van der Waals surface area contributed by atoms with Crippen LogP contribution in [0.2, 0.25) is 0 Å². The zero-order chi connectivity index (χ0) is 28.4. The van der Waals surface area contributed by atoms with Crippen molar-refractivity contribution in [1.29, 1.82) is 0 Å². The van der Waals surface area contributed by atoms with E-state index in [0.717, 1.165) is 56.3 Å². The van der Waals surface area contributed by atoms with Gasteiger partial charge in [-0.05, 0) is 54.7 Å². The molecule has 0 N–H and O–H groups in total. The molecule has 0 bridgehead atoms. The molecule has 0 radical (unpaired) electrons. The second-order valence-corrected chi connectivity index (χ2v) is 11.3. The van der Waals surface area contributed by atoms with Crippen molar-refractivity contribution in [3.05, 3.63) is 101 Å². The summed E-state index contributed by atoms with van der Waals surface area (Å²) in [5.41, 5.74) is 6.49. The number of rotatable bonds is 13.